The first-order valence-electron chi connectivity index (χ1n) is 15.5. The molecule has 52 heavy (non-hydrogen) atoms. The Balaban J connectivity index is 1.32. The van der Waals surface area contributed by atoms with Crippen molar-refractivity contribution in [3.05, 3.63) is 101 Å². The number of nitrogens with one attached hydrogen (secondary N) is 2. The standard InChI is InChI=1S/C33H27F7N8O3S/c1-47-28-19(4-3-5-21(28)31(45-47)46-52(2,50)51)22-12-18(41)13-42-27(22)24(10-15-8-16(34)11-17(35)9-15)43-25(49)14-48-30-26(29(44-48)33(38,39)40)20-6-7-23(20)32(30,36)37/h3-9,11-13,20,23-24H,10,14,41H2,1-2H3,(H,43,49)(H,45,46)/t20-,23+,24-/m0/s1. The maximum Gasteiger partial charge on any atom is 0.435 e. The van der Waals surface area contributed by atoms with E-state index in [0.29, 0.717) is 27.2 Å². The quantitative estimate of drug-likeness (QED) is 0.132. The maximum absolute atomic E-state index is 15.4. The van der Waals surface area contributed by atoms with Crippen LogP contribution in [0.2, 0.25) is 0 Å². The van der Waals surface area contributed by atoms with E-state index in [-0.39, 0.29) is 34.7 Å². The lowest BCUT2D eigenvalue weighted by Crippen LogP contribution is -2.36. The molecular formula is C33H27F7N8O3S. The van der Waals surface area contributed by atoms with Crippen LogP contribution in [0.5, 0.6) is 0 Å². The number of aryl methyl sites for hydroxylation is 1. The largest absolute Gasteiger partial charge is 0.435 e. The molecule has 0 bridgehead atoms. The molecule has 19 heteroatoms. The molecule has 0 unspecified atom stereocenters. The Bertz CT molecular complexity index is 2400. The summed E-state index contributed by atoms with van der Waals surface area (Å²) in [5.41, 5.74) is 4.18. The van der Waals surface area contributed by atoms with Gasteiger partial charge in [0, 0.05) is 41.1 Å². The van der Waals surface area contributed by atoms with E-state index in [2.05, 4.69) is 25.2 Å². The fraction of sp³-hybridized carbons (Fsp3) is 0.273. The van der Waals surface area contributed by atoms with Gasteiger partial charge >= 0.3 is 6.18 Å². The number of carbonyl (C=O) groups is 1. The first kappa shape index (κ1) is 35.0. The van der Waals surface area contributed by atoms with Crippen molar-refractivity contribution < 1.29 is 43.9 Å². The summed E-state index contributed by atoms with van der Waals surface area (Å²) in [7, 11) is -2.21. The molecule has 7 rings (SSSR count). The summed E-state index contributed by atoms with van der Waals surface area (Å²) in [5, 5.41) is 10.7. The van der Waals surface area contributed by atoms with Crippen LogP contribution >= 0.6 is 0 Å². The van der Waals surface area contributed by atoms with Crippen LogP contribution in [-0.2, 0) is 46.9 Å². The number of carbonyl (C=O) groups excluding carboxylic acids is 1. The van der Waals surface area contributed by atoms with Crippen LogP contribution in [0.1, 0.15) is 40.2 Å². The molecule has 0 saturated carbocycles. The number of para-hydroxylation sites is 1. The van der Waals surface area contributed by atoms with Crippen LogP contribution in [0.15, 0.2) is 60.8 Å². The zero-order valence-corrected chi connectivity index (χ0v) is 27.8. The lowest BCUT2D eigenvalue weighted by Gasteiger charge is -2.27. The third-order valence-corrected chi connectivity index (χ3v) is 9.50. The van der Waals surface area contributed by atoms with Gasteiger partial charge in [0.25, 0.3) is 5.92 Å². The van der Waals surface area contributed by atoms with E-state index in [0.717, 1.165) is 24.5 Å². The summed E-state index contributed by atoms with van der Waals surface area (Å²) in [5.74, 6) is -9.42. The summed E-state index contributed by atoms with van der Waals surface area (Å²) in [6.45, 7) is -1.07. The van der Waals surface area contributed by atoms with Gasteiger partial charge in [-0.25, -0.2) is 17.2 Å². The van der Waals surface area contributed by atoms with Crippen molar-refractivity contribution in [1.82, 2.24) is 29.9 Å². The molecule has 5 aromatic rings. The number of allylic oxidation sites excluding steroid dienone is 2. The van der Waals surface area contributed by atoms with Gasteiger partial charge in [0.05, 0.1) is 41.3 Å². The van der Waals surface area contributed by atoms with Crippen molar-refractivity contribution in [3.8, 4) is 11.1 Å². The van der Waals surface area contributed by atoms with E-state index in [4.69, 9.17) is 5.73 Å². The van der Waals surface area contributed by atoms with Crippen LogP contribution in [0, 0.1) is 17.6 Å². The number of benzene rings is 2. The number of halogens is 7. The molecule has 2 aromatic carbocycles. The number of anilines is 2. The zero-order chi connectivity index (χ0) is 37.5. The minimum atomic E-state index is -5.09. The molecule has 4 N–H and O–H groups in total. The second-order valence-corrected chi connectivity index (χ2v) is 14.4. The molecule has 0 fully saturated rings. The monoisotopic (exact) mass is 748 g/mol. The zero-order valence-electron chi connectivity index (χ0n) is 27.0. The number of hydrogen-bond donors (Lipinski definition) is 3. The maximum atomic E-state index is 15.4. The Morgan fingerprint density at radius 1 is 1.06 bits per heavy atom. The lowest BCUT2D eigenvalue weighted by molar-refractivity contribution is -0.142. The van der Waals surface area contributed by atoms with E-state index in [1.807, 2.05) is 0 Å². The number of nitrogens with two attached hydrogens (primary N) is 1. The topological polar surface area (TPSA) is 150 Å². The molecule has 0 aliphatic heterocycles. The molecule has 0 spiro atoms. The SMILES string of the molecule is Cn1nc(NS(C)(=O)=O)c2cccc(-c3cc(N)cnc3[C@H](Cc3cc(F)cc(F)c3)NC(=O)Cn3nc(C(F)(F)F)c4c3C(F)(F)[C@@H]3C=C[C@H]43)c21. The third-order valence-electron chi connectivity index (χ3n) is 8.94. The number of nitrogens with zero attached hydrogens (tertiary/aromatic N) is 5. The van der Waals surface area contributed by atoms with E-state index in [1.54, 1.807) is 25.2 Å². The van der Waals surface area contributed by atoms with Crippen LogP contribution in [0.25, 0.3) is 22.0 Å². The van der Waals surface area contributed by atoms with Crippen molar-refractivity contribution in [1.29, 1.82) is 0 Å². The third kappa shape index (κ3) is 6.11. The highest BCUT2D eigenvalue weighted by Gasteiger charge is 2.61. The first-order chi connectivity index (χ1) is 24.3. The van der Waals surface area contributed by atoms with Gasteiger partial charge in [-0.05, 0) is 36.2 Å². The van der Waals surface area contributed by atoms with Crippen LogP contribution < -0.4 is 15.8 Å². The number of aromatic nitrogens is 5. The molecule has 11 nitrogen and oxygen atoms in total. The van der Waals surface area contributed by atoms with Gasteiger partial charge in [-0.2, -0.15) is 32.1 Å². The van der Waals surface area contributed by atoms with Crippen molar-refractivity contribution in [2.75, 3.05) is 16.7 Å². The van der Waals surface area contributed by atoms with Crippen molar-refractivity contribution in [2.45, 2.75) is 37.0 Å². The Hall–Kier alpha value is -5.46. The number of amides is 1. The summed E-state index contributed by atoms with van der Waals surface area (Å²) < 4.78 is 130. The van der Waals surface area contributed by atoms with Crippen molar-refractivity contribution in [3.63, 3.8) is 0 Å². The number of sulfonamides is 1. The summed E-state index contributed by atoms with van der Waals surface area (Å²) in [4.78, 5) is 18.1. The molecule has 2 aliphatic carbocycles. The summed E-state index contributed by atoms with van der Waals surface area (Å²) in [6, 6.07) is 7.66. The van der Waals surface area contributed by atoms with Crippen LogP contribution in [-0.4, -0.2) is 45.1 Å². The molecule has 272 valence electrons. The number of fused-ring (bicyclic) bond motifs is 4. The molecule has 1 amide bonds. The number of nitrogen functional groups attached to an aromatic ring is 1. The number of rotatable bonds is 9. The van der Waals surface area contributed by atoms with E-state index in [9.17, 15) is 35.2 Å². The molecule has 0 radical (unpaired) electrons. The van der Waals surface area contributed by atoms with Gasteiger partial charge in [0.2, 0.25) is 15.9 Å². The Labute approximate surface area is 290 Å². The van der Waals surface area contributed by atoms with Gasteiger partial charge in [-0.1, -0.05) is 24.3 Å². The predicted molar refractivity (Wildman–Crippen MR) is 174 cm³/mol. The van der Waals surface area contributed by atoms with E-state index >= 15 is 8.78 Å². The highest BCUT2D eigenvalue weighted by molar-refractivity contribution is 7.92. The Kier molecular flexibility index (Phi) is 8.11. The predicted octanol–water partition coefficient (Wildman–Crippen LogP) is 5.56. The summed E-state index contributed by atoms with van der Waals surface area (Å²) in [6.07, 6.45) is -0.886. The van der Waals surface area contributed by atoms with E-state index < -0.39 is 81.0 Å². The van der Waals surface area contributed by atoms with E-state index in [1.165, 1.54) is 23.0 Å². The van der Waals surface area contributed by atoms with Gasteiger partial charge in [-0.3, -0.25) is 23.9 Å². The van der Waals surface area contributed by atoms with Crippen LogP contribution in [0.3, 0.4) is 0 Å². The lowest BCUT2D eigenvalue weighted by atomic mass is 9.81. The Morgan fingerprint density at radius 3 is 2.40 bits per heavy atom. The molecule has 0 saturated heterocycles. The summed E-state index contributed by atoms with van der Waals surface area (Å²) >= 11 is 0. The minimum Gasteiger partial charge on any atom is -0.397 e. The molecule has 2 aliphatic rings. The minimum absolute atomic E-state index is 0.00534. The highest BCUT2D eigenvalue weighted by Crippen LogP contribution is 2.60. The average Bonchev–Trinajstić information content (AvgIpc) is 3.56. The number of pyridine rings is 1. The molecule has 3 aromatic heterocycles. The molecule has 3 heterocycles. The van der Waals surface area contributed by atoms with Gasteiger partial charge < -0.3 is 11.1 Å². The second kappa shape index (κ2) is 12.1. The Morgan fingerprint density at radius 2 is 1.77 bits per heavy atom. The van der Waals surface area contributed by atoms with Crippen molar-refractivity contribution in [2.24, 2.45) is 13.0 Å². The van der Waals surface area contributed by atoms with Gasteiger partial charge in [-0.15, -0.1) is 0 Å². The second-order valence-electron chi connectivity index (χ2n) is 12.7. The number of hydrogen-bond acceptors (Lipinski definition) is 7. The fourth-order valence-electron chi connectivity index (χ4n) is 6.93. The fourth-order valence-corrected chi connectivity index (χ4v) is 7.43. The van der Waals surface area contributed by atoms with Crippen LogP contribution in [0.4, 0.5) is 42.2 Å². The first-order valence-corrected chi connectivity index (χ1v) is 17.4. The molecular weight excluding hydrogens is 721 g/mol. The highest BCUT2D eigenvalue weighted by atomic mass is 32.2. The van der Waals surface area contributed by atoms with Gasteiger partial charge in [0.1, 0.15) is 23.9 Å². The smallest absolute Gasteiger partial charge is 0.397 e. The van der Waals surface area contributed by atoms with Crippen molar-refractivity contribution >= 4 is 38.3 Å². The molecule has 3 atom stereocenters. The number of alkyl halides is 5. The average molecular weight is 749 g/mol. The van der Waals surface area contributed by atoms with Gasteiger partial charge in [0.15, 0.2) is 11.5 Å². The normalized spacial score (nSPS) is 18.2.